The summed E-state index contributed by atoms with van der Waals surface area (Å²) in [6, 6.07) is 7.58. The van der Waals surface area contributed by atoms with E-state index < -0.39 is 39.2 Å². The second kappa shape index (κ2) is 9.30. The lowest BCUT2D eigenvalue weighted by Gasteiger charge is -2.23. The highest BCUT2D eigenvalue weighted by atomic mass is 32.2. The van der Waals surface area contributed by atoms with Crippen LogP contribution in [0.2, 0.25) is 0 Å². The molecule has 0 aromatic heterocycles. The van der Waals surface area contributed by atoms with Crippen molar-refractivity contribution in [3.05, 3.63) is 100 Å². The Labute approximate surface area is 203 Å². The minimum atomic E-state index is -4.76. The number of fused-ring (bicyclic) bond motifs is 1. The van der Waals surface area contributed by atoms with Crippen LogP contribution >= 0.6 is 12.1 Å². The minimum absolute atomic E-state index is 0.0208. The molecule has 2 aliphatic heterocycles. The first-order valence-corrected chi connectivity index (χ1v) is 12.3. The van der Waals surface area contributed by atoms with Gasteiger partial charge in [0.05, 0.1) is 34.6 Å². The highest BCUT2D eigenvalue weighted by Gasteiger charge is 2.34. The molecule has 7 nitrogen and oxygen atoms in total. The van der Waals surface area contributed by atoms with Crippen molar-refractivity contribution in [2.45, 2.75) is 12.7 Å². The first kappa shape index (κ1) is 24.7. The summed E-state index contributed by atoms with van der Waals surface area (Å²) in [4.78, 5) is 14.1. The molecule has 0 spiro atoms. The van der Waals surface area contributed by atoms with Crippen LogP contribution in [0, 0.1) is 5.82 Å². The van der Waals surface area contributed by atoms with E-state index in [1.54, 1.807) is 6.20 Å². The van der Waals surface area contributed by atoms with Gasteiger partial charge in [0, 0.05) is 26.0 Å². The van der Waals surface area contributed by atoms with Crippen LogP contribution in [0.4, 0.5) is 23.2 Å². The van der Waals surface area contributed by atoms with Crippen LogP contribution in [0.5, 0.6) is 0 Å². The van der Waals surface area contributed by atoms with Crippen molar-refractivity contribution >= 4 is 33.8 Å². The number of benzene rings is 2. The van der Waals surface area contributed by atoms with Crippen LogP contribution < -0.4 is 9.44 Å². The van der Waals surface area contributed by atoms with E-state index in [1.807, 2.05) is 0 Å². The number of sulfonamides is 1. The lowest BCUT2D eigenvalue weighted by molar-refractivity contribution is -0.137. The van der Waals surface area contributed by atoms with Gasteiger partial charge in [-0.05, 0) is 48.0 Å². The molecule has 0 saturated carbocycles. The normalized spacial score (nSPS) is 15.2. The molecule has 0 radical (unpaired) electrons. The van der Waals surface area contributed by atoms with Crippen LogP contribution in [0.15, 0.2) is 77.6 Å². The molecule has 2 aromatic carbocycles. The van der Waals surface area contributed by atoms with Gasteiger partial charge in [-0.25, -0.2) is 12.8 Å². The zero-order chi connectivity index (χ0) is 25.4. The van der Waals surface area contributed by atoms with Gasteiger partial charge in [0.25, 0.3) is 15.9 Å². The van der Waals surface area contributed by atoms with Gasteiger partial charge >= 0.3 is 6.18 Å². The Balaban J connectivity index is 1.68. The highest BCUT2D eigenvalue weighted by Crippen LogP contribution is 2.36. The van der Waals surface area contributed by atoms with Crippen LogP contribution in [-0.2, 0) is 22.7 Å². The van der Waals surface area contributed by atoms with Crippen molar-refractivity contribution in [1.29, 1.82) is 0 Å². The smallest absolute Gasteiger partial charge is 0.337 e. The summed E-state index contributed by atoms with van der Waals surface area (Å²) < 4.78 is 86.2. The van der Waals surface area contributed by atoms with E-state index in [-0.39, 0.29) is 22.7 Å². The molecule has 2 aliphatic rings. The van der Waals surface area contributed by atoms with Gasteiger partial charge in [-0.1, -0.05) is 12.1 Å². The average Bonchev–Trinajstić information content (AvgIpc) is 3.28. The van der Waals surface area contributed by atoms with E-state index in [2.05, 4.69) is 9.44 Å². The van der Waals surface area contributed by atoms with Crippen LogP contribution in [0.25, 0.3) is 0 Å². The Kier molecular flexibility index (Phi) is 6.56. The van der Waals surface area contributed by atoms with Gasteiger partial charge < -0.3 is 9.62 Å². The zero-order valence-corrected chi connectivity index (χ0v) is 19.6. The number of halogens is 4. The number of rotatable bonds is 6. The molecule has 0 aliphatic carbocycles. The van der Waals surface area contributed by atoms with E-state index in [9.17, 15) is 30.8 Å². The van der Waals surface area contributed by atoms with E-state index in [0.717, 1.165) is 18.2 Å². The molecule has 35 heavy (non-hydrogen) atoms. The maximum absolute atomic E-state index is 13.4. The molecule has 2 N–H and O–H groups in total. The van der Waals surface area contributed by atoms with Crippen molar-refractivity contribution in [2.75, 3.05) is 11.8 Å². The standard InChI is InChI=1S/C22H18F4N4O3S2/c1-29(13-14-4-7-16(23)8-5-14)21(31)17-9-6-15(22(24,25)26)11-18(17)28-35(32,33)20-3-2-10-30-19(20)12-27-34-30/h2-12,27-28H,13H2,1H3. The number of alkyl halides is 3. The zero-order valence-electron chi connectivity index (χ0n) is 18.0. The first-order valence-electron chi connectivity index (χ1n) is 10.0. The molecule has 4 rings (SSSR count). The van der Waals surface area contributed by atoms with Crippen molar-refractivity contribution in [3.63, 3.8) is 0 Å². The lowest BCUT2D eigenvalue weighted by Crippen LogP contribution is -2.28. The fraction of sp³-hybridized carbons (Fsp3) is 0.136. The number of hydrogen-bond acceptors (Lipinski definition) is 6. The summed E-state index contributed by atoms with van der Waals surface area (Å²) in [5, 5.41) is 0. The Morgan fingerprint density at radius 3 is 2.57 bits per heavy atom. The van der Waals surface area contributed by atoms with Gasteiger partial charge in [-0.3, -0.25) is 13.8 Å². The molecule has 0 bridgehead atoms. The number of allylic oxidation sites excluding steroid dienone is 2. The Morgan fingerprint density at radius 2 is 1.89 bits per heavy atom. The van der Waals surface area contributed by atoms with E-state index >= 15 is 0 Å². The number of amides is 1. The Bertz CT molecular complexity index is 1350. The number of anilines is 1. The number of carbonyl (C=O) groups is 1. The molecule has 0 unspecified atom stereocenters. The van der Waals surface area contributed by atoms with Crippen LogP contribution in [-0.4, -0.2) is 30.6 Å². The number of nitrogens with one attached hydrogen (secondary N) is 2. The minimum Gasteiger partial charge on any atom is -0.337 e. The highest BCUT2D eigenvalue weighted by molar-refractivity contribution is 7.97. The maximum Gasteiger partial charge on any atom is 0.416 e. The Morgan fingerprint density at radius 1 is 1.17 bits per heavy atom. The molecule has 0 atom stereocenters. The van der Waals surface area contributed by atoms with Gasteiger partial charge in [-0.15, -0.1) is 0 Å². The fourth-order valence-electron chi connectivity index (χ4n) is 3.40. The van der Waals surface area contributed by atoms with Crippen molar-refractivity contribution in [2.24, 2.45) is 0 Å². The second-order valence-electron chi connectivity index (χ2n) is 7.59. The molecule has 1 amide bonds. The molecule has 184 valence electrons. The summed E-state index contributed by atoms with van der Waals surface area (Å²) in [6.45, 7) is 0.0208. The third-order valence-electron chi connectivity index (χ3n) is 5.10. The predicted molar refractivity (Wildman–Crippen MR) is 124 cm³/mol. The molecule has 2 aromatic rings. The monoisotopic (exact) mass is 526 g/mol. The van der Waals surface area contributed by atoms with Gasteiger partial charge in [0.15, 0.2) is 0 Å². The lowest BCUT2D eigenvalue weighted by atomic mass is 10.1. The van der Waals surface area contributed by atoms with Crippen molar-refractivity contribution in [3.8, 4) is 0 Å². The topological polar surface area (TPSA) is 81.8 Å². The van der Waals surface area contributed by atoms with Crippen molar-refractivity contribution in [1.82, 2.24) is 13.9 Å². The van der Waals surface area contributed by atoms with Crippen LogP contribution in [0.3, 0.4) is 0 Å². The van der Waals surface area contributed by atoms with Crippen molar-refractivity contribution < 1.29 is 30.8 Å². The third-order valence-corrected chi connectivity index (χ3v) is 7.25. The molecular formula is C22H18F4N4O3S2. The third kappa shape index (κ3) is 5.30. The quantitative estimate of drug-likeness (QED) is 0.424. The predicted octanol–water partition coefficient (Wildman–Crippen LogP) is 4.58. The van der Waals surface area contributed by atoms with Crippen LogP contribution in [0.1, 0.15) is 21.5 Å². The van der Waals surface area contributed by atoms with Gasteiger partial charge in [-0.2, -0.15) is 13.2 Å². The second-order valence-corrected chi connectivity index (χ2v) is 10.1. The van der Waals surface area contributed by atoms with E-state index in [1.165, 1.54) is 58.9 Å². The summed E-state index contributed by atoms with van der Waals surface area (Å²) >= 11 is 1.11. The number of hydrogen-bond donors (Lipinski definition) is 2. The summed E-state index contributed by atoms with van der Waals surface area (Å²) in [6.07, 6.45) is 1.06. The number of carbonyl (C=O) groups excluding carboxylic acids is 1. The summed E-state index contributed by atoms with van der Waals surface area (Å²) in [5.74, 6) is -1.18. The first-order chi connectivity index (χ1) is 16.5. The molecule has 0 fully saturated rings. The average molecular weight is 527 g/mol. The number of nitrogens with zero attached hydrogens (tertiary/aromatic N) is 2. The van der Waals surface area contributed by atoms with Gasteiger partial charge in [0.1, 0.15) is 10.7 Å². The molecule has 13 heteroatoms. The van der Waals surface area contributed by atoms with E-state index in [0.29, 0.717) is 17.7 Å². The molecule has 0 saturated heterocycles. The van der Waals surface area contributed by atoms with E-state index in [4.69, 9.17) is 0 Å². The molecular weight excluding hydrogens is 508 g/mol. The summed E-state index contributed by atoms with van der Waals surface area (Å²) in [5.41, 5.74) is -1.06. The summed E-state index contributed by atoms with van der Waals surface area (Å²) in [7, 11) is -2.98. The fourth-order valence-corrected chi connectivity index (χ4v) is 5.37. The SMILES string of the molecule is CN(Cc1ccc(F)cc1)C(=O)c1ccc(C(F)(F)F)cc1NS(=O)(=O)C1=CC=CN2SNC=C12. The van der Waals surface area contributed by atoms with Gasteiger partial charge in [0.2, 0.25) is 0 Å². The largest absolute Gasteiger partial charge is 0.416 e. The molecule has 2 heterocycles. The Hall–Kier alpha value is -3.45. The maximum atomic E-state index is 13.4.